The Bertz CT molecular complexity index is 591. The summed E-state index contributed by atoms with van der Waals surface area (Å²) in [5, 5.41) is 9.66. The molecule has 1 spiro atoms. The average molecular weight is 344 g/mol. The highest BCUT2D eigenvalue weighted by Crippen LogP contribution is 2.40. The molecule has 2 aliphatic rings. The van der Waals surface area contributed by atoms with Crippen LogP contribution in [0.5, 0.6) is 0 Å². The molecule has 0 radical (unpaired) electrons. The summed E-state index contributed by atoms with van der Waals surface area (Å²) >= 11 is 0. The van der Waals surface area contributed by atoms with Crippen LogP contribution < -0.4 is 0 Å². The molecule has 4 heteroatoms. The molecule has 0 unspecified atom stereocenters. The number of hydrogen-bond acceptors (Lipinski definition) is 3. The Morgan fingerprint density at radius 2 is 1.84 bits per heavy atom. The molecule has 1 aromatic carbocycles. The maximum Gasteiger partial charge on any atom is 0.222 e. The average Bonchev–Trinajstić information content (AvgIpc) is 2.60. The monoisotopic (exact) mass is 344 g/mol. The lowest BCUT2D eigenvalue weighted by Gasteiger charge is -2.47. The summed E-state index contributed by atoms with van der Waals surface area (Å²) in [6.45, 7) is 8.55. The number of amides is 1. The van der Waals surface area contributed by atoms with Crippen molar-refractivity contribution in [3.8, 4) is 0 Å². The number of piperidine rings is 2. The third kappa shape index (κ3) is 4.42. The SMILES string of the molecule is CCc1ccccc1CN1CCC2(CCC(=O)N(C[C@@H](C)O)C2)CC1. The smallest absolute Gasteiger partial charge is 0.222 e. The van der Waals surface area contributed by atoms with Gasteiger partial charge in [0.25, 0.3) is 0 Å². The highest BCUT2D eigenvalue weighted by molar-refractivity contribution is 5.77. The Kier molecular flexibility index (Phi) is 5.80. The van der Waals surface area contributed by atoms with Gasteiger partial charge in [0, 0.05) is 26.1 Å². The van der Waals surface area contributed by atoms with Crippen molar-refractivity contribution >= 4 is 5.91 Å². The van der Waals surface area contributed by atoms with Gasteiger partial charge in [-0.15, -0.1) is 0 Å². The summed E-state index contributed by atoms with van der Waals surface area (Å²) in [6, 6.07) is 8.76. The summed E-state index contributed by atoms with van der Waals surface area (Å²) in [5.41, 5.74) is 3.17. The van der Waals surface area contributed by atoms with Gasteiger partial charge in [-0.3, -0.25) is 9.69 Å². The zero-order chi connectivity index (χ0) is 17.9. The van der Waals surface area contributed by atoms with Gasteiger partial charge < -0.3 is 10.0 Å². The molecule has 3 rings (SSSR count). The lowest BCUT2D eigenvalue weighted by molar-refractivity contribution is -0.140. The van der Waals surface area contributed by atoms with Crippen molar-refractivity contribution in [1.82, 2.24) is 9.80 Å². The van der Waals surface area contributed by atoms with E-state index in [-0.39, 0.29) is 11.3 Å². The number of nitrogens with zero attached hydrogens (tertiary/aromatic N) is 2. The van der Waals surface area contributed by atoms with Crippen molar-refractivity contribution in [1.29, 1.82) is 0 Å². The second-order valence-corrected chi connectivity index (χ2v) is 8.02. The van der Waals surface area contributed by atoms with E-state index in [1.54, 1.807) is 6.92 Å². The third-order valence-corrected chi connectivity index (χ3v) is 6.04. The van der Waals surface area contributed by atoms with Crippen LogP contribution in [0.4, 0.5) is 0 Å². The number of hydrogen-bond donors (Lipinski definition) is 1. The van der Waals surface area contributed by atoms with Crippen LogP contribution in [0.25, 0.3) is 0 Å². The first-order valence-electron chi connectivity index (χ1n) is 9.76. The standard InChI is InChI=1S/C21H32N2O2/c1-3-18-6-4-5-7-19(18)15-22-12-10-21(11-13-22)9-8-20(25)23(16-21)14-17(2)24/h4-7,17,24H,3,8-16H2,1-2H3/t17-/m1/s1. The maximum absolute atomic E-state index is 12.1. The predicted molar refractivity (Wildman–Crippen MR) is 100 cm³/mol. The van der Waals surface area contributed by atoms with Crippen LogP contribution in [0.3, 0.4) is 0 Å². The van der Waals surface area contributed by atoms with Crippen molar-refractivity contribution < 1.29 is 9.90 Å². The summed E-state index contributed by atoms with van der Waals surface area (Å²) in [5.74, 6) is 0.214. The summed E-state index contributed by atoms with van der Waals surface area (Å²) in [4.78, 5) is 16.6. The van der Waals surface area contributed by atoms with Crippen molar-refractivity contribution in [2.45, 2.75) is 58.6 Å². The van der Waals surface area contributed by atoms with Gasteiger partial charge in [-0.25, -0.2) is 0 Å². The number of likely N-dealkylation sites (tertiary alicyclic amines) is 2. The Morgan fingerprint density at radius 1 is 1.16 bits per heavy atom. The van der Waals surface area contributed by atoms with Crippen molar-refractivity contribution in [3.63, 3.8) is 0 Å². The molecule has 1 N–H and O–H groups in total. The van der Waals surface area contributed by atoms with E-state index in [1.165, 1.54) is 11.1 Å². The normalized spacial score (nSPS) is 22.4. The van der Waals surface area contributed by atoms with Gasteiger partial charge in [0.2, 0.25) is 5.91 Å². The van der Waals surface area contributed by atoms with E-state index in [0.29, 0.717) is 13.0 Å². The molecule has 1 aromatic rings. The summed E-state index contributed by atoms with van der Waals surface area (Å²) < 4.78 is 0. The van der Waals surface area contributed by atoms with Gasteiger partial charge in [-0.2, -0.15) is 0 Å². The highest BCUT2D eigenvalue weighted by Gasteiger charge is 2.41. The van der Waals surface area contributed by atoms with E-state index in [2.05, 4.69) is 36.1 Å². The van der Waals surface area contributed by atoms with E-state index in [0.717, 1.165) is 51.9 Å². The molecule has 2 heterocycles. The number of β-amino-alcohol motifs (C(OH)–C–C–N with tert-alkyl or cyclic N) is 1. The predicted octanol–water partition coefficient (Wildman–Crippen LogP) is 2.83. The van der Waals surface area contributed by atoms with Crippen LogP contribution in [0.1, 0.15) is 50.7 Å². The number of benzene rings is 1. The molecule has 2 aliphatic heterocycles. The molecule has 2 fully saturated rings. The van der Waals surface area contributed by atoms with E-state index < -0.39 is 6.10 Å². The molecule has 1 atom stereocenters. The lowest BCUT2D eigenvalue weighted by Crippen LogP contribution is -2.52. The van der Waals surface area contributed by atoms with Gasteiger partial charge >= 0.3 is 0 Å². The Morgan fingerprint density at radius 3 is 2.48 bits per heavy atom. The fraction of sp³-hybridized carbons (Fsp3) is 0.667. The summed E-state index contributed by atoms with van der Waals surface area (Å²) in [7, 11) is 0. The van der Waals surface area contributed by atoms with E-state index in [1.807, 2.05) is 4.90 Å². The van der Waals surface area contributed by atoms with Crippen molar-refractivity contribution in [2.24, 2.45) is 5.41 Å². The fourth-order valence-corrected chi connectivity index (χ4v) is 4.48. The minimum Gasteiger partial charge on any atom is -0.392 e. The maximum atomic E-state index is 12.1. The van der Waals surface area contributed by atoms with Crippen LogP contribution in [-0.4, -0.2) is 53.1 Å². The minimum absolute atomic E-state index is 0.214. The molecular formula is C21H32N2O2. The molecule has 0 bridgehead atoms. The van der Waals surface area contributed by atoms with Gasteiger partial charge in [0.05, 0.1) is 6.10 Å². The number of carbonyl (C=O) groups excluding carboxylic acids is 1. The lowest BCUT2D eigenvalue weighted by atomic mass is 9.72. The zero-order valence-electron chi connectivity index (χ0n) is 15.7. The number of aliphatic hydroxyl groups excluding tert-OH is 1. The van der Waals surface area contributed by atoms with Gasteiger partial charge in [-0.05, 0) is 62.2 Å². The first-order valence-corrected chi connectivity index (χ1v) is 9.76. The topological polar surface area (TPSA) is 43.8 Å². The van der Waals surface area contributed by atoms with Crippen molar-refractivity contribution in [3.05, 3.63) is 35.4 Å². The Hall–Kier alpha value is -1.39. The van der Waals surface area contributed by atoms with Crippen LogP contribution in [-0.2, 0) is 17.8 Å². The molecule has 4 nitrogen and oxygen atoms in total. The van der Waals surface area contributed by atoms with Gasteiger partial charge in [0.15, 0.2) is 0 Å². The summed E-state index contributed by atoms with van der Waals surface area (Å²) in [6.07, 6.45) is 4.62. The number of aliphatic hydroxyl groups is 1. The van der Waals surface area contributed by atoms with Crippen molar-refractivity contribution in [2.75, 3.05) is 26.2 Å². The minimum atomic E-state index is -0.440. The van der Waals surface area contributed by atoms with Gasteiger partial charge in [0.1, 0.15) is 0 Å². The van der Waals surface area contributed by atoms with E-state index in [9.17, 15) is 9.90 Å². The first-order chi connectivity index (χ1) is 12.0. The van der Waals surface area contributed by atoms with E-state index in [4.69, 9.17) is 0 Å². The fourth-order valence-electron chi connectivity index (χ4n) is 4.48. The van der Waals surface area contributed by atoms with E-state index >= 15 is 0 Å². The third-order valence-electron chi connectivity index (χ3n) is 6.04. The highest BCUT2D eigenvalue weighted by atomic mass is 16.3. The molecule has 1 amide bonds. The number of rotatable bonds is 5. The second kappa shape index (κ2) is 7.88. The first kappa shape index (κ1) is 18.4. The van der Waals surface area contributed by atoms with Crippen LogP contribution in [0.2, 0.25) is 0 Å². The molecule has 138 valence electrons. The molecule has 0 saturated carbocycles. The van der Waals surface area contributed by atoms with Crippen LogP contribution in [0, 0.1) is 5.41 Å². The zero-order valence-corrected chi connectivity index (χ0v) is 15.7. The molecule has 2 saturated heterocycles. The number of aryl methyl sites for hydroxylation is 1. The van der Waals surface area contributed by atoms with Gasteiger partial charge in [-0.1, -0.05) is 31.2 Å². The Balaban J connectivity index is 1.58. The van der Waals surface area contributed by atoms with Crippen LogP contribution >= 0.6 is 0 Å². The van der Waals surface area contributed by atoms with Crippen LogP contribution in [0.15, 0.2) is 24.3 Å². The largest absolute Gasteiger partial charge is 0.392 e. The molecular weight excluding hydrogens is 312 g/mol. The molecule has 25 heavy (non-hydrogen) atoms. The molecule has 0 aromatic heterocycles. The Labute approximate surface area is 151 Å². The second-order valence-electron chi connectivity index (χ2n) is 8.02. The number of carbonyl (C=O) groups is 1. The quantitative estimate of drug-likeness (QED) is 0.893. The molecule has 0 aliphatic carbocycles.